The van der Waals surface area contributed by atoms with Gasteiger partial charge in [-0.25, -0.2) is 9.97 Å². The summed E-state index contributed by atoms with van der Waals surface area (Å²) in [6.45, 7) is 10.3. The van der Waals surface area contributed by atoms with E-state index < -0.39 is 78.7 Å². The molecule has 7 aromatic rings. The molecule has 78 heavy (non-hydrogen) atoms. The van der Waals surface area contributed by atoms with Gasteiger partial charge in [-0.05, 0) is 30.5 Å². The van der Waals surface area contributed by atoms with Crippen LogP contribution >= 0.6 is 11.6 Å². The standard InChI is InChI=1S/C35H37N5O6.C14H19N5O6.CH3Cl.S5/c1-20(2)31(43)38-34-37-30-27(32(44)39-34)36-19-40(30)33-29(42)28(41)26(46-33)18-45-35(23-8-6-5-7-9-23,24-14-10-21(3)11-15-24)25-16-12-22(4)13-17-25;1-5(2)11(23)17-14-16-10-7(12(24)18-14)15-4-19(10)13-9(22)8(21)6(3-20)25-13;1-2;1-3-5-4-2/h5-17,19-20,26,28-29,33,41-42H,18H2,1-4H3,(H2,37,38,39,43,44);4-6,8-9,13,20-22H,3H2,1-2H3,(H2,16,17,18,23,24);1H3;/t26-,28?,29+,33-;6-,8?,9+,13-;;/m11../s1/i;;1TD;. The third-order valence-electron chi connectivity index (χ3n) is 12.4. The second-order valence-electron chi connectivity index (χ2n) is 18.3. The Balaban J connectivity index is 0.000000253. The van der Waals surface area contributed by atoms with Crippen molar-refractivity contribution >= 4 is 107 Å². The number of carbonyl (C=O) groups excluding carboxylic acids is 2. The van der Waals surface area contributed by atoms with Gasteiger partial charge in [0.1, 0.15) is 42.2 Å². The number of ether oxygens (including phenoxy) is 3. The number of rotatable bonds is 13. The number of H-pyrrole nitrogens is 2. The van der Waals surface area contributed by atoms with Gasteiger partial charge in [-0.15, -0.1) is 11.6 Å². The third-order valence-corrected chi connectivity index (χ3v) is 16.9. The lowest BCUT2D eigenvalue weighted by molar-refractivity contribution is -0.119. The lowest BCUT2D eigenvalue weighted by Crippen LogP contribution is -2.39. The van der Waals surface area contributed by atoms with E-state index in [0.717, 1.165) is 27.8 Å². The summed E-state index contributed by atoms with van der Waals surface area (Å²) in [5.74, 6) is -1.45. The first-order valence-corrected chi connectivity index (χ1v) is 29.6. The second kappa shape index (κ2) is 28.0. The Labute approximate surface area is 473 Å². The van der Waals surface area contributed by atoms with E-state index in [9.17, 15) is 44.7 Å². The first kappa shape index (κ1) is 58.5. The van der Waals surface area contributed by atoms with E-state index in [1.807, 2.05) is 92.7 Å². The molecule has 2 saturated heterocycles. The predicted molar refractivity (Wildman–Crippen MR) is 305 cm³/mol. The molecular weight excluding hydrogens is 1130 g/mol. The Kier molecular flexibility index (Phi) is 21.0. The summed E-state index contributed by atoms with van der Waals surface area (Å²) in [7, 11) is 3.95. The molecule has 6 heterocycles. The number of aromatic nitrogens is 8. The summed E-state index contributed by atoms with van der Waals surface area (Å²) in [6, 6.07) is 26.1. The molecule has 9 N–H and O–H groups in total. The minimum Gasteiger partial charge on any atom is -0.394 e. The first-order valence-electron chi connectivity index (χ1n) is 25.0. The molecule has 3 aromatic carbocycles. The van der Waals surface area contributed by atoms with Gasteiger partial charge in [-0.1, -0.05) is 118 Å². The molecule has 0 radical (unpaired) electrons. The first-order chi connectivity index (χ1) is 38.1. The molecule has 22 nitrogen and oxygen atoms in total. The fraction of sp³-hybridized carbons (Fsp3) is 0.400. The minimum atomic E-state index is -1.40. The van der Waals surface area contributed by atoms with Crippen molar-refractivity contribution in [3.63, 3.8) is 0 Å². The summed E-state index contributed by atoms with van der Waals surface area (Å²) in [6.07, 6.45) is -8.17. The lowest BCUT2D eigenvalue weighted by Gasteiger charge is -2.37. The monoisotopic (exact) mass is 1190 g/mol. The molecule has 9 atom stereocenters. The number of anilines is 2. The van der Waals surface area contributed by atoms with Crippen molar-refractivity contribution < 1.29 is 52.1 Å². The van der Waals surface area contributed by atoms with Crippen LogP contribution < -0.4 is 21.8 Å². The molecule has 28 heteroatoms. The van der Waals surface area contributed by atoms with Crippen LogP contribution in [0.25, 0.3) is 22.3 Å². The number of alkyl halides is 1. The van der Waals surface area contributed by atoms with Crippen molar-refractivity contribution in [2.45, 2.75) is 96.2 Å². The molecule has 418 valence electrons. The summed E-state index contributed by atoms with van der Waals surface area (Å²) in [4.78, 5) is 70.5. The zero-order chi connectivity index (χ0) is 58.6. The zero-order valence-corrected chi connectivity index (χ0v) is 47.5. The van der Waals surface area contributed by atoms with E-state index in [0.29, 0.717) is 0 Å². The number of imidazole rings is 2. The molecule has 9 rings (SSSR count). The average Bonchev–Trinajstić information content (AvgIpc) is 4.31. The van der Waals surface area contributed by atoms with Gasteiger partial charge < -0.3 is 39.7 Å². The summed E-state index contributed by atoms with van der Waals surface area (Å²) in [5.41, 5.74) is 2.77. The van der Waals surface area contributed by atoms with E-state index in [1.165, 1.54) is 48.4 Å². The Bertz CT molecular complexity index is 3430. The molecule has 0 aliphatic carbocycles. The molecule has 0 saturated carbocycles. The minimum absolute atomic E-state index is 0.00521. The quantitative estimate of drug-likeness (QED) is 0.0592. The predicted octanol–water partition coefficient (Wildman–Crippen LogP) is 3.13. The number of fused-ring (bicyclic) bond motifs is 2. The number of nitrogens with zero attached hydrogens (tertiary/aromatic N) is 6. The normalized spacial score (nSPS) is 21.5. The number of aryl methyl sites for hydroxylation is 2. The second-order valence-corrected chi connectivity index (χ2v) is 23.6. The van der Waals surface area contributed by atoms with Crippen LogP contribution in [0.3, 0.4) is 0 Å². The summed E-state index contributed by atoms with van der Waals surface area (Å²) in [5, 5.41) is 56.7. The van der Waals surface area contributed by atoms with Gasteiger partial charge in [0.25, 0.3) is 11.1 Å². The Morgan fingerprint density at radius 1 is 0.744 bits per heavy atom. The summed E-state index contributed by atoms with van der Waals surface area (Å²) >= 11 is 13.5. The highest BCUT2D eigenvalue weighted by Gasteiger charge is 2.47. The highest BCUT2D eigenvalue weighted by molar-refractivity contribution is 8.59. The van der Waals surface area contributed by atoms with Gasteiger partial charge in [-0.3, -0.25) is 48.9 Å². The summed E-state index contributed by atoms with van der Waals surface area (Å²) < 4.78 is 33.2. The van der Waals surface area contributed by atoms with Crippen molar-refractivity contribution in [2.75, 3.05) is 30.2 Å². The van der Waals surface area contributed by atoms with Crippen molar-refractivity contribution in [3.05, 3.63) is 140 Å². The highest BCUT2D eigenvalue weighted by atomic mass is 35.5. The Hall–Kier alpha value is -5.63. The van der Waals surface area contributed by atoms with E-state index in [-0.39, 0.29) is 64.5 Å². The van der Waals surface area contributed by atoms with Crippen LogP contribution in [0.1, 0.15) is 70.7 Å². The maximum atomic E-state index is 12.8. The molecule has 0 spiro atoms. The number of hydrogen-bond acceptors (Lipinski definition) is 18. The van der Waals surface area contributed by atoms with E-state index in [1.54, 1.807) is 27.7 Å². The van der Waals surface area contributed by atoms with Crippen molar-refractivity contribution in [3.8, 4) is 0 Å². The smallest absolute Gasteiger partial charge is 0.280 e. The number of aliphatic hydroxyl groups excluding tert-OH is 5. The number of benzene rings is 3. The molecule has 3 unspecified atom stereocenters. The molecule has 2 aliphatic rings. The van der Waals surface area contributed by atoms with Gasteiger partial charge in [-0.2, -0.15) is 9.97 Å². The molecule has 2 aliphatic heterocycles. The maximum absolute atomic E-state index is 12.8. The Morgan fingerprint density at radius 2 is 1.14 bits per heavy atom. The number of hydrogen-bond donors (Lipinski definition) is 9. The van der Waals surface area contributed by atoms with Crippen LogP contribution in [0, 0.1) is 25.7 Å². The number of aromatic amines is 2. The number of carbonyl (C=O) groups is 2. The van der Waals surface area contributed by atoms with Crippen LogP contribution in [0.5, 0.6) is 0 Å². The van der Waals surface area contributed by atoms with Gasteiger partial charge >= 0.3 is 0 Å². The van der Waals surface area contributed by atoms with Gasteiger partial charge in [0.2, 0.25) is 23.7 Å². The fourth-order valence-electron chi connectivity index (χ4n) is 8.29. The van der Waals surface area contributed by atoms with E-state index >= 15 is 0 Å². The molecule has 2 fully saturated rings. The van der Waals surface area contributed by atoms with Crippen molar-refractivity contribution in [1.82, 2.24) is 39.0 Å². The van der Waals surface area contributed by atoms with Crippen LogP contribution in [-0.2, 0) is 78.4 Å². The Morgan fingerprint density at radius 3 is 1.51 bits per heavy atom. The number of halogens is 1. The highest BCUT2D eigenvalue weighted by Crippen LogP contribution is 2.42. The zero-order valence-electron chi connectivity index (χ0n) is 44.6. The average molecular weight is 1190 g/mol. The van der Waals surface area contributed by atoms with Crippen LogP contribution in [-0.4, -0.2) is 133 Å². The van der Waals surface area contributed by atoms with Crippen molar-refractivity contribution in [1.29, 1.82) is 0 Å². The van der Waals surface area contributed by atoms with Crippen LogP contribution in [0.4, 0.5) is 11.9 Å². The third kappa shape index (κ3) is 13.8. The largest absolute Gasteiger partial charge is 0.394 e. The molecular formula is C50H59ClN10O12S5. The van der Waals surface area contributed by atoms with Crippen LogP contribution in [0.15, 0.2) is 101 Å². The topological polar surface area (TPSA) is 314 Å². The SMILES string of the molecule is CC(C)C(=O)Nc1nc2c(ncn2[C@@H]2O[C@H](CO)C(O)[C@@H]2O)c(=O)[nH]1.Cc1ccc(C(OC[C@H]2O[C@@H](n3cnc4c(=O)[nH]c(NC(=O)C(C)C)nc43)[C@@H](O)C2O)(c2ccccc2)c2ccc(C)cc2)cc1.S=S=S=S=S.[2H]C([3H])Cl. The van der Waals surface area contributed by atoms with Gasteiger partial charge in [0.15, 0.2) is 34.8 Å². The molecule has 2 amide bonds. The molecule has 0 bridgehead atoms. The lowest BCUT2D eigenvalue weighted by atomic mass is 9.79. The van der Waals surface area contributed by atoms with E-state index in [4.69, 9.17) is 17.0 Å². The van der Waals surface area contributed by atoms with Gasteiger partial charge in [0.05, 0.1) is 25.9 Å². The van der Waals surface area contributed by atoms with Crippen molar-refractivity contribution in [2.24, 2.45) is 11.8 Å². The number of aliphatic hydroxyl groups is 5. The number of amides is 2. The van der Waals surface area contributed by atoms with Gasteiger partial charge in [0, 0.05) is 69.9 Å². The fourth-order valence-corrected chi connectivity index (χ4v) is 11.0. The van der Waals surface area contributed by atoms with E-state index in [2.05, 4.69) is 74.5 Å². The number of nitrogens with one attached hydrogen (secondary N) is 4. The maximum Gasteiger partial charge on any atom is 0.280 e. The van der Waals surface area contributed by atoms with Crippen LogP contribution in [0.2, 0.25) is 0 Å². The molecule has 4 aromatic heterocycles.